The lowest BCUT2D eigenvalue weighted by Gasteiger charge is -2.37. The second-order valence-corrected chi connectivity index (χ2v) is 7.05. The largest absolute Gasteiger partial charge is 0.374 e. The highest BCUT2D eigenvalue weighted by atomic mass is 32.1. The summed E-state index contributed by atoms with van der Waals surface area (Å²) >= 11 is 1.44. The molecule has 23 heavy (non-hydrogen) atoms. The fourth-order valence-electron chi connectivity index (χ4n) is 3.50. The Morgan fingerprint density at radius 1 is 1.39 bits per heavy atom. The maximum absolute atomic E-state index is 13.0. The molecule has 1 amide bonds. The number of aryl methyl sites for hydroxylation is 1. The Labute approximate surface area is 139 Å². The minimum atomic E-state index is 0.0994. The first-order valence-electron chi connectivity index (χ1n) is 8.05. The zero-order valence-electron chi connectivity index (χ0n) is 13.1. The SMILES string of the molecule is Cc1nc(-c2ccccn2)sc1C(=O)N1CCO[C@H]2CCC[C@H]21. The van der Waals surface area contributed by atoms with Crippen molar-refractivity contribution in [3.63, 3.8) is 0 Å². The van der Waals surface area contributed by atoms with E-state index >= 15 is 0 Å². The molecule has 1 aliphatic carbocycles. The minimum Gasteiger partial charge on any atom is -0.374 e. The third-order valence-corrected chi connectivity index (χ3v) is 5.79. The molecule has 4 rings (SSSR count). The molecule has 2 atom stereocenters. The van der Waals surface area contributed by atoms with Crippen molar-refractivity contribution in [2.24, 2.45) is 0 Å². The number of thiazole rings is 1. The summed E-state index contributed by atoms with van der Waals surface area (Å²) in [5, 5.41) is 0.808. The summed E-state index contributed by atoms with van der Waals surface area (Å²) in [5.74, 6) is 0.0994. The average molecular weight is 329 g/mol. The summed E-state index contributed by atoms with van der Waals surface area (Å²) in [6.45, 7) is 3.22. The van der Waals surface area contributed by atoms with E-state index in [4.69, 9.17) is 4.74 Å². The Balaban J connectivity index is 1.62. The second-order valence-electron chi connectivity index (χ2n) is 6.05. The highest BCUT2D eigenvalue weighted by molar-refractivity contribution is 7.17. The quantitative estimate of drug-likeness (QED) is 0.850. The van der Waals surface area contributed by atoms with Crippen molar-refractivity contribution in [3.8, 4) is 10.7 Å². The number of carbonyl (C=O) groups excluding carboxylic acids is 1. The number of carbonyl (C=O) groups is 1. The van der Waals surface area contributed by atoms with E-state index in [-0.39, 0.29) is 18.1 Å². The van der Waals surface area contributed by atoms with Crippen LogP contribution in [0.15, 0.2) is 24.4 Å². The number of hydrogen-bond donors (Lipinski definition) is 0. The van der Waals surface area contributed by atoms with Gasteiger partial charge >= 0.3 is 0 Å². The first-order chi connectivity index (χ1) is 11.2. The molecule has 0 bridgehead atoms. The molecule has 120 valence electrons. The maximum atomic E-state index is 13.0. The van der Waals surface area contributed by atoms with E-state index in [2.05, 4.69) is 9.97 Å². The van der Waals surface area contributed by atoms with E-state index in [1.807, 2.05) is 30.0 Å². The predicted molar refractivity (Wildman–Crippen MR) is 88.5 cm³/mol. The van der Waals surface area contributed by atoms with Crippen LogP contribution in [-0.4, -0.2) is 46.1 Å². The van der Waals surface area contributed by atoms with Crippen molar-refractivity contribution in [1.29, 1.82) is 0 Å². The van der Waals surface area contributed by atoms with Crippen LogP contribution in [-0.2, 0) is 4.74 Å². The first-order valence-corrected chi connectivity index (χ1v) is 8.87. The molecule has 2 aliphatic rings. The van der Waals surface area contributed by atoms with Crippen molar-refractivity contribution in [3.05, 3.63) is 35.0 Å². The van der Waals surface area contributed by atoms with Gasteiger partial charge in [-0.15, -0.1) is 11.3 Å². The van der Waals surface area contributed by atoms with Gasteiger partial charge in [0, 0.05) is 12.7 Å². The summed E-state index contributed by atoms with van der Waals surface area (Å²) in [5.41, 5.74) is 1.61. The second kappa shape index (κ2) is 6.02. The van der Waals surface area contributed by atoms with Crippen LogP contribution < -0.4 is 0 Å². The lowest BCUT2D eigenvalue weighted by Crippen LogP contribution is -2.51. The van der Waals surface area contributed by atoms with Gasteiger partial charge in [-0.3, -0.25) is 9.78 Å². The van der Waals surface area contributed by atoms with E-state index in [1.165, 1.54) is 11.3 Å². The summed E-state index contributed by atoms with van der Waals surface area (Å²) in [6, 6.07) is 5.97. The fraction of sp³-hybridized carbons (Fsp3) is 0.471. The van der Waals surface area contributed by atoms with Gasteiger partial charge < -0.3 is 9.64 Å². The van der Waals surface area contributed by atoms with Gasteiger partial charge in [0.1, 0.15) is 9.88 Å². The van der Waals surface area contributed by atoms with Crippen LogP contribution in [0.1, 0.15) is 34.6 Å². The van der Waals surface area contributed by atoms with Gasteiger partial charge in [0.25, 0.3) is 5.91 Å². The zero-order chi connectivity index (χ0) is 15.8. The Morgan fingerprint density at radius 3 is 3.13 bits per heavy atom. The summed E-state index contributed by atoms with van der Waals surface area (Å²) in [7, 11) is 0. The molecule has 5 nitrogen and oxygen atoms in total. The van der Waals surface area contributed by atoms with Crippen molar-refractivity contribution in [2.75, 3.05) is 13.2 Å². The average Bonchev–Trinajstić information content (AvgIpc) is 3.21. The number of amides is 1. The molecule has 0 radical (unpaired) electrons. The lowest BCUT2D eigenvalue weighted by molar-refractivity contribution is -0.0444. The molecular formula is C17H19N3O2S. The van der Waals surface area contributed by atoms with Crippen molar-refractivity contribution in [1.82, 2.24) is 14.9 Å². The van der Waals surface area contributed by atoms with Crippen molar-refractivity contribution in [2.45, 2.75) is 38.3 Å². The van der Waals surface area contributed by atoms with Gasteiger partial charge in [-0.2, -0.15) is 0 Å². The fourth-order valence-corrected chi connectivity index (χ4v) is 4.50. The van der Waals surface area contributed by atoms with Gasteiger partial charge in [-0.1, -0.05) is 6.07 Å². The first kappa shape index (κ1) is 14.8. The van der Waals surface area contributed by atoms with E-state index in [0.29, 0.717) is 13.2 Å². The Morgan fingerprint density at radius 2 is 2.30 bits per heavy atom. The lowest BCUT2D eigenvalue weighted by atomic mass is 10.1. The van der Waals surface area contributed by atoms with Gasteiger partial charge in [-0.05, 0) is 38.3 Å². The van der Waals surface area contributed by atoms with Crippen molar-refractivity contribution < 1.29 is 9.53 Å². The van der Waals surface area contributed by atoms with Crippen LogP contribution >= 0.6 is 11.3 Å². The van der Waals surface area contributed by atoms with E-state index in [0.717, 1.165) is 40.5 Å². The molecule has 0 unspecified atom stereocenters. The third kappa shape index (κ3) is 2.66. The van der Waals surface area contributed by atoms with Crippen LogP contribution in [0.3, 0.4) is 0 Å². The number of morpholine rings is 1. The predicted octanol–water partition coefficient (Wildman–Crippen LogP) is 2.91. The number of fused-ring (bicyclic) bond motifs is 1. The number of ether oxygens (including phenoxy) is 1. The molecule has 2 aromatic heterocycles. The van der Waals surface area contributed by atoms with E-state index in [9.17, 15) is 4.79 Å². The molecule has 0 N–H and O–H groups in total. The van der Waals surface area contributed by atoms with E-state index in [1.54, 1.807) is 6.20 Å². The molecule has 1 aliphatic heterocycles. The zero-order valence-corrected chi connectivity index (χ0v) is 13.9. The highest BCUT2D eigenvalue weighted by Crippen LogP contribution is 2.33. The number of hydrogen-bond acceptors (Lipinski definition) is 5. The molecule has 1 saturated carbocycles. The van der Waals surface area contributed by atoms with Gasteiger partial charge in [-0.25, -0.2) is 4.98 Å². The van der Waals surface area contributed by atoms with Crippen molar-refractivity contribution >= 4 is 17.2 Å². The van der Waals surface area contributed by atoms with Gasteiger partial charge in [0.05, 0.1) is 30.1 Å². The molecule has 1 saturated heterocycles. The third-order valence-electron chi connectivity index (χ3n) is 4.62. The summed E-state index contributed by atoms with van der Waals surface area (Å²) < 4.78 is 5.81. The molecule has 2 fully saturated rings. The minimum absolute atomic E-state index is 0.0994. The summed E-state index contributed by atoms with van der Waals surface area (Å²) in [4.78, 5) is 24.7. The monoisotopic (exact) mass is 329 g/mol. The molecular weight excluding hydrogens is 310 g/mol. The van der Waals surface area contributed by atoms with Crippen LogP contribution in [0.4, 0.5) is 0 Å². The van der Waals surface area contributed by atoms with Gasteiger partial charge in [0.2, 0.25) is 0 Å². The van der Waals surface area contributed by atoms with Crippen LogP contribution in [0, 0.1) is 6.92 Å². The molecule has 0 aromatic carbocycles. The Kier molecular flexibility index (Phi) is 3.87. The number of nitrogens with zero attached hydrogens (tertiary/aromatic N) is 3. The summed E-state index contributed by atoms with van der Waals surface area (Å²) in [6.07, 6.45) is 5.21. The molecule has 3 heterocycles. The normalized spacial score (nSPS) is 23.8. The van der Waals surface area contributed by atoms with E-state index < -0.39 is 0 Å². The molecule has 2 aromatic rings. The smallest absolute Gasteiger partial charge is 0.266 e. The Bertz CT molecular complexity index is 716. The van der Waals surface area contributed by atoms with Crippen LogP contribution in [0.5, 0.6) is 0 Å². The number of rotatable bonds is 2. The molecule has 6 heteroatoms. The topological polar surface area (TPSA) is 55.3 Å². The van der Waals surface area contributed by atoms with Crippen LogP contribution in [0.25, 0.3) is 10.7 Å². The number of pyridine rings is 1. The standard InChI is InChI=1S/C17H19N3O2S/c1-11-15(23-16(19-11)12-5-2-3-8-18-12)17(21)20-9-10-22-14-7-4-6-13(14)20/h2-3,5,8,13-14H,4,6-7,9-10H2,1H3/t13-,14+/m1/s1. The Hall–Kier alpha value is -1.79. The highest BCUT2D eigenvalue weighted by Gasteiger charge is 2.39. The maximum Gasteiger partial charge on any atom is 0.266 e. The van der Waals surface area contributed by atoms with Crippen LogP contribution in [0.2, 0.25) is 0 Å². The number of aromatic nitrogens is 2. The molecule has 0 spiro atoms. The van der Waals surface area contributed by atoms with Gasteiger partial charge in [0.15, 0.2) is 0 Å².